The standard InChI is InChI=1S/C17H13F3N4O3S/c1-2-5-28(26,27)24-11-6-9(18)15(19)14(16(11)20)17(25)12-7-10-13(8-23-12)22-4-3-21-10/h3-4,6-8,24H,2,5H2,1H3. The number of anilines is 1. The Hall–Kier alpha value is -3.08. The highest BCUT2D eigenvalue weighted by Gasteiger charge is 2.28. The highest BCUT2D eigenvalue weighted by molar-refractivity contribution is 7.92. The minimum absolute atomic E-state index is 0.217. The Morgan fingerprint density at radius 1 is 1.04 bits per heavy atom. The molecule has 3 rings (SSSR count). The molecule has 0 unspecified atom stereocenters. The molecule has 3 aromatic rings. The van der Waals surface area contributed by atoms with Gasteiger partial charge in [0.2, 0.25) is 15.8 Å². The molecule has 0 bridgehead atoms. The van der Waals surface area contributed by atoms with Crippen LogP contribution in [0.15, 0.2) is 30.7 Å². The van der Waals surface area contributed by atoms with E-state index in [1.807, 2.05) is 4.72 Å². The van der Waals surface area contributed by atoms with Crippen LogP contribution in [-0.4, -0.2) is 34.9 Å². The van der Waals surface area contributed by atoms with Crippen molar-refractivity contribution in [3.8, 4) is 0 Å². The molecule has 0 aliphatic rings. The number of hydrogen-bond donors (Lipinski definition) is 1. The number of carbonyl (C=O) groups is 1. The second-order valence-corrected chi connectivity index (χ2v) is 7.62. The van der Waals surface area contributed by atoms with Gasteiger partial charge in [0.25, 0.3) is 0 Å². The third-order valence-corrected chi connectivity index (χ3v) is 5.19. The van der Waals surface area contributed by atoms with E-state index >= 15 is 0 Å². The van der Waals surface area contributed by atoms with E-state index in [1.165, 1.54) is 18.6 Å². The van der Waals surface area contributed by atoms with E-state index in [9.17, 15) is 26.4 Å². The van der Waals surface area contributed by atoms with Gasteiger partial charge in [0.05, 0.1) is 23.2 Å². The number of hydrogen-bond acceptors (Lipinski definition) is 6. The van der Waals surface area contributed by atoms with E-state index in [0.29, 0.717) is 11.6 Å². The van der Waals surface area contributed by atoms with Gasteiger partial charge < -0.3 is 0 Å². The number of pyridine rings is 1. The molecule has 2 aromatic heterocycles. The van der Waals surface area contributed by atoms with Gasteiger partial charge in [-0.2, -0.15) is 0 Å². The molecule has 7 nitrogen and oxygen atoms in total. The molecule has 0 spiro atoms. The van der Waals surface area contributed by atoms with Crippen molar-refractivity contribution >= 4 is 32.5 Å². The van der Waals surface area contributed by atoms with Crippen LogP contribution in [0.25, 0.3) is 11.0 Å². The first-order chi connectivity index (χ1) is 13.2. The van der Waals surface area contributed by atoms with Crippen molar-refractivity contribution in [1.82, 2.24) is 15.0 Å². The lowest BCUT2D eigenvalue weighted by molar-refractivity contribution is 0.102. The summed E-state index contributed by atoms with van der Waals surface area (Å²) in [4.78, 5) is 24.3. The predicted octanol–water partition coefficient (Wildman–Crippen LogP) is 2.82. The fraction of sp³-hybridized carbons (Fsp3) is 0.176. The lowest BCUT2D eigenvalue weighted by Crippen LogP contribution is -2.19. The van der Waals surface area contributed by atoms with E-state index in [2.05, 4.69) is 15.0 Å². The summed E-state index contributed by atoms with van der Waals surface area (Å²) >= 11 is 0. The fourth-order valence-corrected chi connectivity index (χ4v) is 3.61. The molecule has 0 aliphatic heterocycles. The van der Waals surface area contributed by atoms with Crippen molar-refractivity contribution in [2.24, 2.45) is 0 Å². The highest BCUT2D eigenvalue weighted by atomic mass is 32.2. The van der Waals surface area contributed by atoms with Crippen molar-refractivity contribution in [3.63, 3.8) is 0 Å². The third-order valence-electron chi connectivity index (χ3n) is 3.71. The van der Waals surface area contributed by atoms with Crippen molar-refractivity contribution in [2.75, 3.05) is 10.5 Å². The van der Waals surface area contributed by atoms with Crippen LogP contribution in [0.5, 0.6) is 0 Å². The molecule has 0 aliphatic carbocycles. The second-order valence-electron chi connectivity index (χ2n) is 5.77. The van der Waals surface area contributed by atoms with Crippen molar-refractivity contribution in [1.29, 1.82) is 0 Å². The maximum atomic E-state index is 14.7. The lowest BCUT2D eigenvalue weighted by atomic mass is 10.0. The summed E-state index contributed by atoms with van der Waals surface area (Å²) in [6.07, 6.45) is 4.14. The highest BCUT2D eigenvalue weighted by Crippen LogP contribution is 2.27. The summed E-state index contributed by atoms with van der Waals surface area (Å²) in [5.41, 5.74) is -1.95. The molecule has 0 saturated heterocycles. The molecule has 0 radical (unpaired) electrons. The number of nitrogens with one attached hydrogen (secondary N) is 1. The van der Waals surface area contributed by atoms with Gasteiger partial charge in [-0.05, 0) is 12.5 Å². The smallest absolute Gasteiger partial charge is 0.232 e. The van der Waals surface area contributed by atoms with Gasteiger partial charge >= 0.3 is 0 Å². The Bertz CT molecular complexity index is 1190. The molecule has 28 heavy (non-hydrogen) atoms. The topological polar surface area (TPSA) is 102 Å². The van der Waals surface area contributed by atoms with Gasteiger partial charge in [-0.15, -0.1) is 0 Å². The largest absolute Gasteiger partial charge is 0.287 e. The van der Waals surface area contributed by atoms with Gasteiger partial charge in [-0.25, -0.2) is 21.6 Å². The number of halogens is 3. The van der Waals surface area contributed by atoms with Crippen LogP contribution < -0.4 is 4.72 Å². The van der Waals surface area contributed by atoms with Crippen molar-refractivity contribution < 1.29 is 26.4 Å². The zero-order valence-corrected chi connectivity index (χ0v) is 15.2. The number of carbonyl (C=O) groups excluding carboxylic acids is 1. The van der Waals surface area contributed by atoms with E-state index < -0.39 is 50.2 Å². The SMILES string of the molecule is CCCS(=O)(=O)Nc1cc(F)c(F)c(C(=O)c2cc3nccnc3cn2)c1F. The van der Waals surface area contributed by atoms with Crippen molar-refractivity contribution in [2.45, 2.75) is 13.3 Å². The first-order valence-corrected chi connectivity index (χ1v) is 9.68. The zero-order chi connectivity index (χ0) is 20.5. The number of fused-ring (bicyclic) bond motifs is 1. The number of benzene rings is 1. The van der Waals surface area contributed by atoms with Gasteiger partial charge in [0.15, 0.2) is 17.5 Å². The maximum Gasteiger partial charge on any atom is 0.232 e. The van der Waals surface area contributed by atoms with Gasteiger partial charge in [0, 0.05) is 18.5 Å². The molecule has 0 atom stereocenters. The molecular formula is C17H13F3N4O3S. The molecule has 0 saturated carbocycles. The lowest BCUT2D eigenvalue weighted by Gasteiger charge is -2.12. The molecule has 1 aromatic carbocycles. The van der Waals surface area contributed by atoms with Gasteiger partial charge in [0.1, 0.15) is 16.8 Å². The van der Waals surface area contributed by atoms with Crippen LogP contribution in [0.2, 0.25) is 0 Å². The summed E-state index contributed by atoms with van der Waals surface area (Å²) in [5.74, 6) is -6.50. The Labute approximate surface area is 157 Å². The Kier molecular flexibility index (Phi) is 5.27. The predicted molar refractivity (Wildman–Crippen MR) is 94.8 cm³/mol. The first-order valence-electron chi connectivity index (χ1n) is 8.03. The minimum atomic E-state index is -4.00. The maximum absolute atomic E-state index is 14.7. The summed E-state index contributed by atoms with van der Waals surface area (Å²) in [5, 5.41) is 0. The summed E-state index contributed by atoms with van der Waals surface area (Å²) < 4.78 is 68.4. The van der Waals surface area contributed by atoms with Crippen molar-refractivity contribution in [3.05, 3.63) is 59.4 Å². The first kappa shape index (κ1) is 19.7. The Morgan fingerprint density at radius 2 is 1.71 bits per heavy atom. The van der Waals surface area contributed by atoms with E-state index in [0.717, 1.165) is 6.07 Å². The number of aromatic nitrogens is 3. The Morgan fingerprint density at radius 3 is 2.39 bits per heavy atom. The summed E-state index contributed by atoms with van der Waals surface area (Å²) in [6.45, 7) is 1.57. The zero-order valence-electron chi connectivity index (χ0n) is 14.4. The Balaban J connectivity index is 2.10. The number of nitrogens with zero attached hydrogens (tertiary/aromatic N) is 3. The van der Waals surface area contributed by atoms with Crippen LogP contribution in [-0.2, 0) is 10.0 Å². The quantitative estimate of drug-likeness (QED) is 0.495. The molecule has 146 valence electrons. The number of ketones is 1. The average Bonchev–Trinajstić information content (AvgIpc) is 2.65. The normalized spacial score (nSPS) is 11.6. The summed E-state index contributed by atoms with van der Waals surface area (Å²) in [6, 6.07) is 1.49. The molecule has 0 amide bonds. The minimum Gasteiger partial charge on any atom is -0.287 e. The van der Waals surface area contributed by atoms with E-state index in [-0.39, 0.29) is 17.7 Å². The summed E-state index contributed by atoms with van der Waals surface area (Å²) in [7, 11) is -4.00. The third kappa shape index (κ3) is 3.79. The van der Waals surface area contributed by atoms with Crippen LogP contribution in [0, 0.1) is 17.5 Å². The van der Waals surface area contributed by atoms with Crippen LogP contribution in [0.3, 0.4) is 0 Å². The van der Waals surface area contributed by atoms with Crippen LogP contribution >= 0.6 is 0 Å². The monoisotopic (exact) mass is 410 g/mol. The van der Waals surface area contributed by atoms with Crippen LogP contribution in [0.4, 0.5) is 18.9 Å². The van der Waals surface area contributed by atoms with Gasteiger partial charge in [-0.3, -0.25) is 24.5 Å². The molecule has 2 heterocycles. The van der Waals surface area contributed by atoms with Gasteiger partial charge in [-0.1, -0.05) is 6.92 Å². The average molecular weight is 410 g/mol. The fourth-order valence-electron chi connectivity index (χ4n) is 2.48. The molecular weight excluding hydrogens is 397 g/mol. The number of rotatable bonds is 6. The molecule has 11 heteroatoms. The second kappa shape index (κ2) is 7.50. The van der Waals surface area contributed by atoms with E-state index in [4.69, 9.17) is 0 Å². The van der Waals surface area contributed by atoms with Crippen LogP contribution in [0.1, 0.15) is 29.4 Å². The molecule has 0 fully saturated rings. The number of sulfonamides is 1. The van der Waals surface area contributed by atoms with E-state index in [1.54, 1.807) is 6.92 Å². The molecule has 1 N–H and O–H groups in total.